The van der Waals surface area contributed by atoms with Crippen LogP contribution in [-0.2, 0) is 20.4 Å². The minimum absolute atomic E-state index is 0.315. The molecule has 0 spiro atoms. The smallest absolute Gasteiger partial charge is 0.303 e. The van der Waals surface area contributed by atoms with E-state index in [-0.39, 0.29) is 10.9 Å². The van der Waals surface area contributed by atoms with Crippen LogP contribution in [0, 0.1) is 0 Å². The predicted molar refractivity (Wildman–Crippen MR) is 83.2 cm³/mol. The summed E-state index contributed by atoms with van der Waals surface area (Å²) < 4.78 is 18.2. The zero-order valence-corrected chi connectivity index (χ0v) is 12.7. The van der Waals surface area contributed by atoms with Crippen LogP contribution >= 0.6 is 0 Å². The van der Waals surface area contributed by atoms with Crippen molar-refractivity contribution in [1.29, 1.82) is 0 Å². The van der Waals surface area contributed by atoms with E-state index >= 15 is 0 Å². The van der Waals surface area contributed by atoms with E-state index < -0.39 is 18.7 Å². The van der Waals surface area contributed by atoms with Crippen molar-refractivity contribution in [3.63, 3.8) is 0 Å². The molecule has 0 saturated carbocycles. The summed E-state index contributed by atoms with van der Waals surface area (Å²) in [4.78, 5) is 13.3. The highest BCUT2D eigenvalue weighted by Crippen LogP contribution is 2.24. The van der Waals surface area contributed by atoms with E-state index in [1.165, 1.54) is 6.92 Å². The van der Waals surface area contributed by atoms with Gasteiger partial charge in [-0.25, -0.2) is 4.39 Å². The minimum atomic E-state index is -0.703. The van der Waals surface area contributed by atoms with Crippen molar-refractivity contribution in [1.82, 2.24) is 0 Å². The van der Waals surface area contributed by atoms with E-state index in [0.29, 0.717) is 5.75 Å². The zero-order valence-electron chi connectivity index (χ0n) is 11.9. The van der Waals surface area contributed by atoms with Crippen molar-refractivity contribution >= 4 is 16.9 Å². The van der Waals surface area contributed by atoms with Crippen LogP contribution in [-0.4, -0.2) is 24.5 Å². The second-order valence-electron chi connectivity index (χ2n) is 4.57. The molecule has 1 unspecified atom stereocenters. The third-order valence-electron chi connectivity index (χ3n) is 2.91. The molecule has 0 fully saturated rings. The molecule has 2 aromatic rings. The van der Waals surface area contributed by atoms with Crippen molar-refractivity contribution in [2.45, 2.75) is 22.8 Å². The molecule has 0 radical (unpaired) electrons. The van der Waals surface area contributed by atoms with Crippen molar-refractivity contribution < 1.29 is 13.9 Å². The Hall–Kier alpha value is -1.81. The molecule has 2 rings (SSSR count). The van der Waals surface area contributed by atoms with Crippen molar-refractivity contribution in [3.8, 4) is 0 Å². The average molecular weight is 305 g/mol. The summed E-state index contributed by atoms with van der Waals surface area (Å²) >= 11 is 0. The first-order chi connectivity index (χ1) is 10.2. The van der Waals surface area contributed by atoms with Gasteiger partial charge in [0.1, 0.15) is 6.67 Å². The Bertz CT molecular complexity index is 520. The summed E-state index contributed by atoms with van der Waals surface area (Å²) in [6.07, 6.45) is -0.703. The standard InChI is InChI=1S/C17H18FO2S/c1-14(19)20-15(12-18)13-21(16-8-4-2-5-9-16)17-10-6-3-7-11-17/h2-11,15H,12-13H2,1H3/q+1. The number of esters is 1. The minimum Gasteiger partial charge on any atom is -0.455 e. The molecule has 0 aliphatic rings. The van der Waals surface area contributed by atoms with Crippen molar-refractivity contribution in [3.05, 3.63) is 60.7 Å². The summed E-state index contributed by atoms with van der Waals surface area (Å²) in [6, 6.07) is 19.9. The maximum absolute atomic E-state index is 13.1. The van der Waals surface area contributed by atoms with Gasteiger partial charge in [0.05, 0.1) is 10.9 Å². The molecule has 0 aliphatic carbocycles. The number of carbonyl (C=O) groups is 1. The second-order valence-corrected chi connectivity index (χ2v) is 6.63. The number of hydrogen-bond acceptors (Lipinski definition) is 2. The summed E-state index contributed by atoms with van der Waals surface area (Å²) in [5.41, 5.74) is 0. The highest BCUT2D eigenvalue weighted by atomic mass is 32.2. The molecular formula is C17H18FO2S+. The van der Waals surface area contributed by atoms with Crippen LogP contribution in [0.2, 0.25) is 0 Å². The van der Waals surface area contributed by atoms with E-state index in [4.69, 9.17) is 4.74 Å². The molecule has 0 bridgehead atoms. The Labute approximate surface area is 127 Å². The number of hydrogen-bond donors (Lipinski definition) is 0. The third kappa shape index (κ3) is 4.60. The fourth-order valence-corrected chi connectivity index (χ4v) is 4.19. The van der Waals surface area contributed by atoms with Gasteiger partial charge in [0.2, 0.25) is 0 Å². The molecular weight excluding hydrogens is 287 g/mol. The lowest BCUT2D eigenvalue weighted by atomic mass is 10.4. The maximum Gasteiger partial charge on any atom is 0.303 e. The van der Waals surface area contributed by atoms with Gasteiger partial charge < -0.3 is 4.74 Å². The van der Waals surface area contributed by atoms with Gasteiger partial charge in [0.25, 0.3) is 0 Å². The molecule has 0 N–H and O–H groups in total. The Morgan fingerprint density at radius 3 is 1.90 bits per heavy atom. The molecule has 0 heterocycles. The van der Waals surface area contributed by atoms with Crippen LogP contribution in [0.3, 0.4) is 0 Å². The van der Waals surface area contributed by atoms with Gasteiger partial charge in [0.15, 0.2) is 21.6 Å². The summed E-state index contributed by atoms with van der Waals surface area (Å²) in [5, 5.41) is 0. The Morgan fingerprint density at radius 1 is 1.05 bits per heavy atom. The van der Waals surface area contributed by atoms with E-state index in [1.807, 2.05) is 60.7 Å². The van der Waals surface area contributed by atoms with Crippen LogP contribution in [0.1, 0.15) is 6.92 Å². The van der Waals surface area contributed by atoms with Crippen LogP contribution in [0.4, 0.5) is 4.39 Å². The summed E-state index contributed by atoms with van der Waals surface area (Å²) in [6.45, 7) is 0.647. The van der Waals surface area contributed by atoms with Gasteiger partial charge in [-0.15, -0.1) is 0 Å². The molecule has 2 nitrogen and oxygen atoms in total. The van der Waals surface area contributed by atoms with Crippen molar-refractivity contribution in [2.24, 2.45) is 0 Å². The molecule has 1 atom stereocenters. The number of carbonyl (C=O) groups excluding carboxylic acids is 1. The Balaban J connectivity index is 2.26. The number of ether oxygens (including phenoxy) is 1. The normalized spacial score (nSPS) is 12.1. The number of halogens is 1. The Kier molecular flexibility index (Phi) is 5.81. The van der Waals surface area contributed by atoms with E-state index in [1.54, 1.807) is 0 Å². The second kappa shape index (κ2) is 7.84. The van der Waals surface area contributed by atoms with E-state index in [2.05, 4.69) is 0 Å². The first-order valence-corrected chi connectivity index (χ1v) is 8.14. The first-order valence-electron chi connectivity index (χ1n) is 6.75. The molecule has 21 heavy (non-hydrogen) atoms. The van der Waals surface area contributed by atoms with Crippen LogP contribution < -0.4 is 0 Å². The molecule has 2 aromatic carbocycles. The molecule has 4 heteroatoms. The third-order valence-corrected chi connectivity index (χ3v) is 5.30. The van der Waals surface area contributed by atoms with Gasteiger partial charge in [-0.2, -0.15) is 0 Å². The quantitative estimate of drug-likeness (QED) is 0.602. The lowest BCUT2D eigenvalue weighted by Gasteiger charge is -2.14. The van der Waals surface area contributed by atoms with Crippen LogP contribution in [0.5, 0.6) is 0 Å². The van der Waals surface area contributed by atoms with Gasteiger partial charge in [-0.1, -0.05) is 36.4 Å². The molecule has 0 amide bonds. The maximum atomic E-state index is 13.1. The molecule has 0 saturated heterocycles. The topological polar surface area (TPSA) is 26.3 Å². The molecule has 0 aromatic heterocycles. The highest BCUT2D eigenvalue weighted by molar-refractivity contribution is 7.97. The SMILES string of the molecule is CC(=O)OC(CF)C[S+](c1ccccc1)c1ccccc1. The number of alkyl halides is 1. The van der Waals surface area contributed by atoms with Gasteiger partial charge in [-0.05, 0) is 24.3 Å². The number of benzene rings is 2. The van der Waals surface area contributed by atoms with Gasteiger partial charge >= 0.3 is 5.97 Å². The lowest BCUT2D eigenvalue weighted by Crippen LogP contribution is -2.28. The van der Waals surface area contributed by atoms with E-state index in [0.717, 1.165) is 9.79 Å². The van der Waals surface area contributed by atoms with Crippen molar-refractivity contribution in [2.75, 3.05) is 12.4 Å². The molecule has 0 aliphatic heterocycles. The molecule has 110 valence electrons. The summed E-state index contributed by atoms with van der Waals surface area (Å²) in [7, 11) is -0.315. The first kappa shape index (κ1) is 15.6. The Morgan fingerprint density at radius 2 is 1.52 bits per heavy atom. The van der Waals surface area contributed by atoms with E-state index in [9.17, 15) is 9.18 Å². The van der Waals surface area contributed by atoms with Crippen LogP contribution in [0.15, 0.2) is 70.5 Å². The highest BCUT2D eigenvalue weighted by Gasteiger charge is 2.30. The zero-order chi connectivity index (χ0) is 15.1. The monoisotopic (exact) mass is 305 g/mol. The lowest BCUT2D eigenvalue weighted by molar-refractivity contribution is -0.145. The van der Waals surface area contributed by atoms with Gasteiger partial charge in [-0.3, -0.25) is 4.79 Å². The van der Waals surface area contributed by atoms with Gasteiger partial charge in [0, 0.05) is 6.92 Å². The fraction of sp³-hybridized carbons (Fsp3) is 0.235. The number of rotatable bonds is 6. The van der Waals surface area contributed by atoms with Crippen LogP contribution in [0.25, 0.3) is 0 Å². The average Bonchev–Trinajstić information content (AvgIpc) is 2.52. The fourth-order valence-electron chi connectivity index (χ4n) is 2.03. The predicted octanol–water partition coefficient (Wildman–Crippen LogP) is 3.62. The largest absolute Gasteiger partial charge is 0.455 e. The summed E-state index contributed by atoms with van der Waals surface area (Å²) in [5.74, 6) is 0.0201.